The molecule has 0 atom stereocenters. The van der Waals surface area contributed by atoms with Crippen molar-refractivity contribution in [2.75, 3.05) is 38.7 Å². The van der Waals surface area contributed by atoms with E-state index in [9.17, 15) is 9.59 Å². The molecule has 3 amide bonds. The Morgan fingerprint density at radius 1 is 1.00 bits per heavy atom. The monoisotopic (exact) mass is 383 g/mol. The summed E-state index contributed by atoms with van der Waals surface area (Å²) in [6.45, 7) is 2.90. The normalized spacial score (nSPS) is 13.7. The molecule has 148 valence electrons. The molecule has 3 rings (SSSR count). The molecule has 0 radical (unpaired) electrons. The minimum absolute atomic E-state index is 0.0984. The molecule has 28 heavy (non-hydrogen) atoms. The molecule has 0 spiro atoms. The van der Waals surface area contributed by atoms with E-state index in [2.05, 4.69) is 10.6 Å². The number of morpholine rings is 1. The molecule has 0 aromatic heterocycles. The quantitative estimate of drug-likeness (QED) is 0.803. The number of ether oxygens (including phenoxy) is 2. The van der Waals surface area contributed by atoms with Crippen LogP contribution in [-0.2, 0) is 22.5 Å². The SMILES string of the molecule is COc1ccc(CNC(=O)Nc2ccc(CC(=O)N3CCOCC3)cc2)cc1. The maximum Gasteiger partial charge on any atom is 0.319 e. The summed E-state index contributed by atoms with van der Waals surface area (Å²) >= 11 is 0. The molecular formula is C21H25N3O4. The summed E-state index contributed by atoms with van der Waals surface area (Å²) in [4.78, 5) is 26.2. The molecule has 2 aromatic rings. The summed E-state index contributed by atoms with van der Waals surface area (Å²) in [6.07, 6.45) is 0.351. The Bertz CT molecular complexity index is 784. The van der Waals surface area contributed by atoms with Crippen LogP contribution in [0.15, 0.2) is 48.5 Å². The maximum absolute atomic E-state index is 12.3. The topological polar surface area (TPSA) is 79.9 Å². The number of rotatable bonds is 6. The highest BCUT2D eigenvalue weighted by molar-refractivity contribution is 5.89. The lowest BCUT2D eigenvalue weighted by Crippen LogP contribution is -2.41. The second-order valence-corrected chi connectivity index (χ2v) is 6.52. The summed E-state index contributed by atoms with van der Waals surface area (Å²) in [5.74, 6) is 0.877. The third kappa shape index (κ3) is 5.72. The van der Waals surface area contributed by atoms with E-state index in [-0.39, 0.29) is 11.9 Å². The highest BCUT2D eigenvalue weighted by Gasteiger charge is 2.16. The van der Waals surface area contributed by atoms with E-state index in [1.54, 1.807) is 19.2 Å². The molecule has 1 heterocycles. The first-order chi connectivity index (χ1) is 13.6. The van der Waals surface area contributed by atoms with Crippen molar-refractivity contribution < 1.29 is 19.1 Å². The smallest absolute Gasteiger partial charge is 0.319 e. The predicted molar refractivity (Wildman–Crippen MR) is 106 cm³/mol. The lowest BCUT2D eigenvalue weighted by atomic mass is 10.1. The number of benzene rings is 2. The Morgan fingerprint density at radius 3 is 2.29 bits per heavy atom. The molecule has 2 N–H and O–H groups in total. The number of hydrogen-bond acceptors (Lipinski definition) is 4. The van der Waals surface area contributed by atoms with Gasteiger partial charge in [0.05, 0.1) is 26.7 Å². The number of carbonyl (C=O) groups excluding carboxylic acids is 2. The molecule has 7 heteroatoms. The standard InChI is InChI=1S/C21H25N3O4/c1-27-19-8-4-17(5-9-19)15-22-21(26)23-18-6-2-16(3-7-18)14-20(25)24-10-12-28-13-11-24/h2-9H,10-15H2,1H3,(H2,22,23,26). The van der Waals surface area contributed by atoms with Crippen molar-refractivity contribution in [2.24, 2.45) is 0 Å². The molecule has 1 aliphatic heterocycles. The van der Waals surface area contributed by atoms with Crippen LogP contribution in [0.25, 0.3) is 0 Å². The van der Waals surface area contributed by atoms with Crippen molar-refractivity contribution in [1.29, 1.82) is 0 Å². The zero-order valence-corrected chi connectivity index (χ0v) is 15.9. The second-order valence-electron chi connectivity index (χ2n) is 6.52. The van der Waals surface area contributed by atoms with Gasteiger partial charge in [-0.1, -0.05) is 24.3 Å². The summed E-state index contributed by atoms with van der Waals surface area (Å²) in [5.41, 5.74) is 2.57. The number of methoxy groups -OCH3 is 1. The minimum Gasteiger partial charge on any atom is -0.497 e. The molecule has 0 bridgehead atoms. The van der Waals surface area contributed by atoms with Gasteiger partial charge in [-0.2, -0.15) is 0 Å². The lowest BCUT2D eigenvalue weighted by Gasteiger charge is -2.26. The molecule has 0 aliphatic carbocycles. The van der Waals surface area contributed by atoms with E-state index in [4.69, 9.17) is 9.47 Å². The zero-order chi connectivity index (χ0) is 19.8. The second kappa shape index (κ2) is 9.75. The first kappa shape index (κ1) is 19.7. The average molecular weight is 383 g/mol. The van der Waals surface area contributed by atoms with Crippen LogP contribution < -0.4 is 15.4 Å². The predicted octanol–water partition coefficient (Wildman–Crippen LogP) is 2.42. The van der Waals surface area contributed by atoms with E-state index in [0.717, 1.165) is 16.9 Å². The molecule has 7 nitrogen and oxygen atoms in total. The molecule has 1 fully saturated rings. The molecular weight excluding hydrogens is 358 g/mol. The Balaban J connectivity index is 1.45. The Hall–Kier alpha value is -3.06. The van der Waals surface area contributed by atoms with Gasteiger partial charge in [-0.15, -0.1) is 0 Å². The van der Waals surface area contributed by atoms with Crippen LogP contribution in [0.2, 0.25) is 0 Å². The average Bonchev–Trinajstić information content (AvgIpc) is 2.74. The van der Waals surface area contributed by atoms with Crippen molar-refractivity contribution in [3.05, 3.63) is 59.7 Å². The Kier molecular flexibility index (Phi) is 6.86. The lowest BCUT2D eigenvalue weighted by molar-refractivity contribution is -0.134. The van der Waals surface area contributed by atoms with Gasteiger partial charge >= 0.3 is 6.03 Å². The van der Waals surface area contributed by atoms with Gasteiger partial charge < -0.3 is 25.0 Å². The maximum atomic E-state index is 12.3. The summed E-state index contributed by atoms with van der Waals surface area (Å²) in [7, 11) is 1.62. The number of carbonyl (C=O) groups is 2. The van der Waals surface area contributed by atoms with Crippen molar-refractivity contribution in [3.8, 4) is 5.75 Å². The zero-order valence-electron chi connectivity index (χ0n) is 15.9. The van der Waals surface area contributed by atoms with Crippen LogP contribution in [0.1, 0.15) is 11.1 Å². The number of nitrogens with one attached hydrogen (secondary N) is 2. The number of anilines is 1. The van der Waals surface area contributed by atoms with E-state index in [1.807, 2.05) is 41.3 Å². The first-order valence-electron chi connectivity index (χ1n) is 9.26. The van der Waals surface area contributed by atoms with Crippen LogP contribution in [0.5, 0.6) is 5.75 Å². The highest BCUT2D eigenvalue weighted by atomic mass is 16.5. The molecule has 1 saturated heterocycles. The van der Waals surface area contributed by atoms with Gasteiger partial charge in [0, 0.05) is 25.3 Å². The largest absolute Gasteiger partial charge is 0.497 e. The van der Waals surface area contributed by atoms with Gasteiger partial charge in [0.25, 0.3) is 0 Å². The third-order valence-corrected chi connectivity index (χ3v) is 4.54. The van der Waals surface area contributed by atoms with Gasteiger partial charge in [-0.25, -0.2) is 4.79 Å². The van der Waals surface area contributed by atoms with Crippen LogP contribution >= 0.6 is 0 Å². The Morgan fingerprint density at radius 2 is 1.64 bits per heavy atom. The van der Waals surface area contributed by atoms with Crippen LogP contribution in [0.4, 0.5) is 10.5 Å². The summed E-state index contributed by atoms with van der Waals surface area (Å²) in [5, 5.41) is 5.60. The van der Waals surface area contributed by atoms with Crippen molar-refractivity contribution in [2.45, 2.75) is 13.0 Å². The summed E-state index contributed by atoms with van der Waals surface area (Å²) < 4.78 is 10.4. The van der Waals surface area contributed by atoms with Gasteiger partial charge in [0.1, 0.15) is 5.75 Å². The van der Waals surface area contributed by atoms with Gasteiger partial charge in [0.2, 0.25) is 5.91 Å². The Labute approximate surface area is 164 Å². The summed E-state index contributed by atoms with van der Waals surface area (Å²) in [6, 6.07) is 14.5. The highest BCUT2D eigenvalue weighted by Crippen LogP contribution is 2.13. The van der Waals surface area contributed by atoms with Crippen LogP contribution in [-0.4, -0.2) is 50.3 Å². The first-order valence-corrected chi connectivity index (χ1v) is 9.26. The van der Waals surface area contributed by atoms with Crippen LogP contribution in [0, 0.1) is 0 Å². The van der Waals surface area contributed by atoms with E-state index >= 15 is 0 Å². The minimum atomic E-state index is -0.284. The van der Waals surface area contributed by atoms with Gasteiger partial charge in [0.15, 0.2) is 0 Å². The number of urea groups is 1. The van der Waals surface area contributed by atoms with E-state index in [1.165, 1.54) is 0 Å². The van der Waals surface area contributed by atoms with E-state index in [0.29, 0.717) is 45.0 Å². The molecule has 1 aliphatic rings. The van der Waals surface area contributed by atoms with Gasteiger partial charge in [-0.05, 0) is 35.4 Å². The van der Waals surface area contributed by atoms with Crippen molar-refractivity contribution in [3.63, 3.8) is 0 Å². The molecule has 0 unspecified atom stereocenters. The fourth-order valence-corrected chi connectivity index (χ4v) is 2.91. The van der Waals surface area contributed by atoms with Crippen molar-refractivity contribution >= 4 is 17.6 Å². The number of nitrogens with zero attached hydrogens (tertiary/aromatic N) is 1. The fourth-order valence-electron chi connectivity index (χ4n) is 2.91. The van der Waals surface area contributed by atoms with Gasteiger partial charge in [-0.3, -0.25) is 4.79 Å². The molecule has 2 aromatic carbocycles. The van der Waals surface area contributed by atoms with Crippen molar-refractivity contribution in [1.82, 2.24) is 10.2 Å². The third-order valence-electron chi connectivity index (χ3n) is 4.54. The van der Waals surface area contributed by atoms with E-state index < -0.39 is 0 Å². The number of hydrogen-bond donors (Lipinski definition) is 2. The van der Waals surface area contributed by atoms with Crippen LogP contribution in [0.3, 0.4) is 0 Å². The molecule has 0 saturated carbocycles. The number of amides is 3. The fraction of sp³-hybridized carbons (Fsp3) is 0.333.